The maximum Gasteiger partial charge on any atom is 0.227 e. The molecule has 1 aliphatic rings. The van der Waals surface area contributed by atoms with E-state index in [0.29, 0.717) is 6.42 Å². The molecule has 1 aliphatic heterocycles. The molecule has 0 radical (unpaired) electrons. The Labute approximate surface area is 97.4 Å². The summed E-state index contributed by atoms with van der Waals surface area (Å²) >= 11 is 2.31. The Hall–Kier alpha value is -0.580. The first-order valence-corrected chi connectivity index (χ1v) is 5.83. The molecule has 1 aromatic rings. The molecule has 2 rings (SSSR count). The summed E-state index contributed by atoms with van der Waals surface area (Å²) in [4.78, 5) is 13.5. The molecule has 0 bridgehead atoms. The lowest BCUT2D eigenvalue weighted by molar-refractivity contribution is -0.117. The van der Waals surface area contributed by atoms with Crippen molar-refractivity contribution in [1.82, 2.24) is 0 Å². The van der Waals surface area contributed by atoms with Gasteiger partial charge in [0.2, 0.25) is 5.91 Å². The molecule has 0 N–H and O–H groups in total. The maximum absolute atomic E-state index is 11.6. The van der Waals surface area contributed by atoms with Gasteiger partial charge < -0.3 is 4.90 Å². The number of amides is 1. The van der Waals surface area contributed by atoms with E-state index < -0.39 is 0 Å². The highest BCUT2D eigenvalue weighted by molar-refractivity contribution is 14.1. The summed E-state index contributed by atoms with van der Waals surface area (Å²) in [7, 11) is 0. The van der Waals surface area contributed by atoms with Gasteiger partial charge in [0.15, 0.2) is 0 Å². The number of hydrogen-bond donors (Lipinski definition) is 0. The topological polar surface area (TPSA) is 20.3 Å². The third-order valence-corrected chi connectivity index (χ3v) is 3.77. The number of carbonyl (C=O) groups excluding carboxylic acids is 1. The molecule has 0 aromatic heterocycles. The van der Waals surface area contributed by atoms with Gasteiger partial charge in [-0.3, -0.25) is 4.79 Å². The van der Waals surface area contributed by atoms with Crippen molar-refractivity contribution >= 4 is 34.2 Å². The zero-order valence-electron chi connectivity index (χ0n) is 8.09. The predicted octanol–water partition coefficient (Wildman–Crippen LogP) is 2.73. The summed E-state index contributed by atoms with van der Waals surface area (Å²) < 4.78 is 1.22. The normalized spacial score (nSPS) is 16.4. The Morgan fingerprint density at radius 2 is 2.21 bits per heavy atom. The average molecular weight is 301 g/mol. The Balaban J connectivity index is 2.41. The molecule has 0 saturated carbocycles. The molecular weight excluding hydrogens is 289 g/mol. The second kappa shape index (κ2) is 3.88. The van der Waals surface area contributed by atoms with Gasteiger partial charge in [0.25, 0.3) is 0 Å². The van der Waals surface area contributed by atoms with Crippen LogP contribution in [0.2, 0.25) is 0 Å². The van der Waals surface area contributed by atoms with Crippen LogP contribution in [-0.2, 0) is 4.79 Å². The molecule has 0 atom stereocenters. The zero-order valence-corrected chi connectivity index (χ0v) is 10.2. The third-order valence-electron chi connectivity index (χ3n) is 2.60. The molecular formula is C11H12INO. The van der Waals surface area contributed by atoms with E-state index in [2.05, 4.69) is 35.6 Å². The van der Waals surface area contributed by atoms with E-state index in [9.17, 15) is 4.79 Å². The Morgan fingerprint density at radius 1 is 1.43 bits per heavy atom. The molecule has 1 fully saturated rings. The first kappa shape index (κ1) is 9.96. The van der Waals surface area contributed by atoms with Gasteiger partial charge in [-0.05, 0) is 53.6 Å². The van der Waals surface area contributed by atoms with Crippen molar-refractivity contribution in [3.63, 3.8) is 0 Å². The van der Waals surface area contributed by atoms with Crippen molar-refractivity contribution in [1.29, 1.82) is 0 Å². The van der Waals surface area contributed by atoms with Crippen LogP contribution in [0.15, 0.2) is 18.2 Å². The van der Waals surface area contributed by atoms with Crippen LogP contribution in [-0.4, -0.2) is 12.5 Å². The fraction of sp³-hybridized carbons (Fsp3) is 0.364. The van der Waals surface area contributed by atoms with Crippen LogP contribution < -0.4 is 4.90 Å². The Kier molecular flexibility index (Phi) is 2.76. The lowest BCUT2D eigenvalue weighted by Crippen LogP contribution is -2.24. The first-order valence-electron chi connectivity index (χ1n) is 4.75. The molecule has 1 heterocycles. The van der Waals surface area contributed by atoms with Gasteiger partial charge in [0.1, 0.15) is 0 Å². The van der Waals surface area contributed by atoms with Gasteiger partial charge in [0.05, 0.1) is 0 Å². The third kappa shape index (κ3) is 1.65. The lowest BCUT2D eigenvalue weighted by atomic mass is 10.2. The van der Waals surface area contributed by atoms with E-state index >= 15 is 0 Å². The number of rotatable bonds is 1. The maximum atomic E-state index is 11.6. The van der Waals surface area contributed by atoms with Gasteiger partial charge >= 0.3 is 0 Å². The van der Waals surface area contributed by atoms with Crippen molar-refractivity contribution < 1.29 is 4.79 Å². The zero-order chi connectivity index (χ0) is 10.1. The SMILES string of the molecule is Cc1c(I)cccc1N1CCCC1=O. The van der Waals surface area contributed by atoms with Crippen molar-refractivity contribution in [3.8, 4) is 0 Å². The van der Waals surface area contributed by atoms with Crippen LogP contribution in [0.5, 0.6) is 0 Å². The van der Waals surface area contributed by atoms with E-state index in [1.54, 1.807) is 0 Å². The highest BCUT2D eigenvalue weighted by atomic mass is 127. The number of nitrogens with zero attached hydrogens (tertiary/aromatic N) is 1. The number of carbonyl (C=O) groups is 1. The minimum atomic E-state index is 0.259. The molecule has 74 valence electrons. The number of halogens is 1. The van der Waals surface area contributed by atoms with Crippen LogP contribution in [0.25, 0.3) is 0 Å². The summed E-state index contributed by atoms with van der Waals surface area (Å²) in [5.41, 5.74) is 2.29. The van der Waals surface area contributed by atoms with Crippen molar-refractivity contribution in [2.75, 3.05) is 11.4 Å². The summed E-state index contributed by atoms with van der Waals surface area (Å²) in [6.45, 7) is 2.95. The van der Waals surface area contributed by atoms with Crippen LogP contribution >= 0.6 is 22.6 Å². The van der Waals surface area contributed by atoms with Gasteiger partial charge in [-0.25, -0.2) is 0 Å². The predicted molar refractivity (Wildman–Crippen MR) is 65.5 cm³/mol. The van der Waals surface area contributed by atoms with Crippen LogP contribution in [0.4, 0.5) is 5.69 Å². The smallest absolute Gasteiger partial charge is 0.227 e. The second-order valence-electron chi connectivity index (χ2n) is 3.53. The Morgan fingerprint density at radius 3 is 2.86 bits per heavy atom. The number of benzene rings is 1. The molecule has 14 heavy (non-hydrogen) atoms. The van der Waals surface area contributed by atoms with Gasteiger partial charge in [-0.2, -0.15) is 0 Å². The largest absolute Gasteiger partial charge is 0.312 e. The Bertz CT molecular complexity index is 376. The van der Waals surface area contributed by atoms with Crippen molar-refractivity contribution in [2.45, 2.75) is 19.8 Å². The van der Waals surface area contributed by atoms with E-state index in [1.165, 1.54) is 9.13 Å². The summed E-state index contributed by atoms with van der Waals surface area (Å²) in [6.07, 6.45) is 1.69. The van der Waals surface area contributed by atoms with Gasteiger partial charge in [0, 0.05) is 22.2 Å². The fourth-order valence-corrected chi connectivity index (χ4v) is 2.28. The van der Waals surface area contributed by atoms with E-state index in [1.807, 2.05) is 17.0 Å². The van der Waals surface area contributed by atoms with Crippen LogP contribution in [0, 0.1) is 10.5 Å². The molecule has 1 amide bonds. The quantitative estimate of drug-likeness (QED) is 0.730. The minimum Gasteiger partial charge on any atom is -0.312 e. The van der Waals surface area contributed by atoms with Crippen molar-refractivity contribution in [2.24, 2.45) is 0 Å². The molecule has 0 unspecified atom stereocenters. The lowest BCUT2D eigenvalue weighted by Gasteiger charge is -2.18. The number of anilines is 1. The highest BCUT2D eigenvalue weighted by Gasteiger charge is 2.23. The summed E-state index contributed by atoms with van der Waals surface area (Å²) in [6, 6.07) is 6.11. The second-order valence-corrected chi connectivity index (χ2v) is 4.70. The number of hydrogen-bond acceptors (Lipinski definition) is 1. The average Bonchev–Trinajstić information content (AvgIpc) is 2.57. The van der Waals surface area contributed by atoms with E-state index in [-0.39, 0.29) is 5.91 Å². The first-order chi connectivity index (χ1) is 6.70. The van der Waals surface area contributed by atoms with Crippen LogP contribution in [0.3, 0.4) is 0 Å². The molecule has 2 nitrogen and oxygen atoms in total. The van der Waals surface area contributed by atoms with Gasteiger partial charge in [-0.1, -0.05) is 6.07 Å². The highest BCUT2D eigenvalue weighted by Crippen LogP contribution is 2.27. The molecule has 0 aliphatic carbocycles. The molecule has 1 saturated heterocycles. The standard InChI is InChI=1S/C11H12INO/c1-8-9(12)4-2-5-10(8)13-7-3-6-11(13)14/h2,4-5H,3,6-7H2,1H3. The van der Waals surface area contributed by atoms with Gasteiger partial charge in [-0.15, -0.1) is 0 Å². The fourth-order valence-electron chi connectivity index (χ4n) is 1.79. The van der Waals surface area contributed by atoms with Crippen molar-refractivity contribution in [3.05, 3.63) is 27.3 Å². The van der Waals surface area contributed by atoms with Crippen LogP contribution in [0.1, 0.15) is 18.4 Å². The van der Waals surface area contributed by atoms with E-state index in [4.69, 9.17) is 0 Å². The summed E-state index contributed by atoms with van der Waals surface area (Å²) in [5.74, 6) is 0.259. The molecule has 0 spiro atoms. The molecule has 1 aromatic carbocycles. The monoisotopic (exact) mass is 301 g/mol. The minimum absolute atomic E-state index is 0.259. The van der Waals surface area contributed by atoms with E-state index in [0.717, 1.165) is 18.7 Å². The summed E-state index contributed by atoms with van der Waals surface area (Å²) in [5, 5.41) is 0. The molecule has 3 heteroatoms.